The fourth-order valence-corrected chi connectivity index (χ4v) is 2.04. The van der Waals surface area contributed by atoms with Crippen LogP contribution in [-0.2, 0) is 10.9 Å². The second-order valence-corrected chi connectivity index (χ2v) is 4.87. The number of ether oxygens (including phenoxy) is 1. The van der Waals surface area contributed by atoms with Gasteiger partial charge in [-0.3, -0.25) is 14.9 Å². The number of benzene rings is 1. The van der Waals surface area contributed by atoms with E-state index in [-0.39, 0.29) is 18.2 Å². The van der Waals surface area contributed by atoms with Crippen LogP contribution in [0, 0.1) is 10.1 Å². The minimum Gasteiger partial charge on any atom is -0.462 e. The molecule has 2 rings (SSSR count). The number of nitro benzene ring substituents is 1. The van der Waals surface area contributed by atoms with Crippen LogP contribution in [0.15, 0.2) is 24.4 Å². The molecule has 0 aliphatic heterocycles. The van der Waals surface area contributed by atoms with Crippen LogP contribution in [0.5, 0.6) is 0 Å². The zero-order chi connectivity index (χ0) is 19.6. The smallest absolute Gasteiger partial charge is 0.416 e. The Morgan fingerprint density at radius 1 is 1.35 bits per heavy atom. The van der Waals surface area contributed by atoms with E-state index in [4.69, 9.17) is 10.5 Å². The van der Waals surface area contributed by atoms with Gasteiger partial charge in [0.25, 0.3) is 11.6 Å². The summed E-state index contributed by atoms with van der Waals surface area (Å²) < 4.78 is 43.3. The molecule has 26 heavy (non-hydrogen) atoms. The van der Waals surface area contributed by atoms with Crippen molar-refractivity contribution in [2.45, 2.75) is 13.1 Å². The van der Waals surface area contributed by atoms with Crippen LogP contribution in [0.1, 0.15) is 33.2 Å². The van der Waals surface area contributed by atoms with Gasteiger partial charge in [0.1, 0.15) is 16.9 Å². The predicted octanol–water partition coefficient (Wildman–Crippen LogP) is 2.26. The Morgan fingerprint density at radius 2 is 2.00 bits per heavy atom. The Bertz CT molecular complexity index is 891. The van der Waals surface area contributed by atoms with Crippen molar-refractivity contribution in [3.05, 3.63) is 51.2 Å². The number of rotatable bonds is 4. The van der Waals surface area contributed by atoms with E-state index in [0.29, 0.717) is 16.8 Å². The van der Waals surface area contributed by atoms with E-state index < -0.39 is 45.6 Å². The molecule has 0 saturated carbocycles. The van der Waals surface area contributed by atoms with Crippen LogP contribution >= 0.6 is 0 Å². The van der Waals surface area contributed by atoms with Gasteiger partial charge in [-0.15, -0.1) is 0 Å². The molecular formula is C14H11F3N4O5. The molecule has 12 heteroatoms. The Hall–Kier alpha value is -3.44. The average Bonchev–Trinajstić information content (AvgIpc) is 2.94. The van der Waals surface area contributed by atoms with Gasteiger partial charge in [0.2, 0.25) is 0 Å². The van der Waals surface area contributed by atoms with Gasteiger partial charge in [0.05, 0.1) is 23.3 Å². The second-order valence-electron chi connectivity index (χ2n) is 4.87. The van der Waals surface area contributed by atoms with Crippen molar-refractivity contribution < 1.29 is 32.4 Å². The molecule has 0 amide bonds. The van der Waals surface area contributed by atoms with E-state index in [1.807, 2.05) is 0 Å². The van der Waals surface area contributed by atoms with Gasteiger partial charge in [-0.2, -0.15) is 23.0 Å². The first-order valence-electron chi connectivity index (χ1n) is 6.98. The summed E-state index contributed by atoms with van der Waals surface area (Å²) in [7, 11) is 0. The molecule has 0 fully saturated rings. The maximum absolute atomic E-state index is 12.7. The number of anilines is 1. The van der Waals surface area contributed by atoms with Gasteiger partial charge in [0, 0.05) is 6.07 Å². The normalized spacial score (nSPS) is 11.2. The average molecular weight is 372 g/mol. The van der Waals surface area contributed by atoms with Gasteiger partial charge < -0.3 is 10.5 Å². The quantitative estimate of drug-likeness (QED) is 0.495. The minimum atomic E-state index is -4.83. The number of hydrogen-bond donors (Lipinski definition) is 1. The maximum Gasteiger partial charge on any atom is 0.416 e. The van der Waals surface area contributed by atoms with E-state index >= 15 is 0 Å². The topological polar surface area (TPSA) is 130 Å². The van der Waals surface area contributed by atoms with Crippen LogP contribution < -0.4 is 5.73 Å². The molecular weight excluding hydrogens is 361 g/mol. The predicted molar refractivity (Wildman–Crippen MR) is 80.4 cm³/mol. The number of aromatic nitrogens is 2. The maximum atomic E-state index is 12.7. The first-order chi connectivity index (χ1) is 12.1. The zero-order valence-electron chi connectivity index (χ0n) is 13.1. The third-order valence-corrected chi connectivity index (χ3v) is 3.25. The number of alkyl halides is 3. The molecule has 0 unspecified atom stereocenters. The van der Waals surface area contributed by atoms with Crippen LogP contribution in [0.3, 0.4) is 0 Å². The number of halogens is 3. The van der Waals surface area contributed by atoms with Crippen molar-refractivity contribution >= 4 is 23.4 Å². The lowest BCUT2D eigenvalue weighted by atomic mass is 10.1. The minimum absolute atomic E-state index is 0.0295. The lowest BCUT2D eigenvalue weighted by Crippen LogP contribution is -2.19. The number of nitrogens with two attached hydrogens (primary N) is 1. The summed E-state index contributed by atoms with van der Waals surface area (Å²) in [5.41, 5.74) is 2.34. The van der Waals surface area contributed by atoms with Crippen molar-refractivity contribution in [2.24, 2.45) is 0 Å². The number of carbonyl (C=O) groups excluding carboxylic acids is 2. The third kappa shape index (κ3) is 3.48. The largest absolute Gasteiger partial charge is 0.462 e. The highest BCUT2D eigenvalue weighted by molar-refractivity contribution is 6.03. The molecule has 2 aromatic rings. The molecule has 0 aliphatic rings. The molecule has 0 atom stereocenters. The number of nitrogen functional groups attached to an aromatic ring is 1. The molecule has 9 nitrogen and oxygen atoms in total. The van der Waals surface area contributed by atoms with Gasteiger partial charge in [-0.05, 0) is 19.1 Å². The van der Waals surface area contributed by atoms with Crippen molar-refractivity contribution in [1.82, 2.24) is 9.78 Å². The molecule has 1 aromatic heterocycles. The van der Waals surface area contributed by atoms with E-state index in [0.717, 1.165) is 6.20 Å². The molecule has 0 aliphatic carbocycles. The molecule has 0 saturated heterocycles. The van der Waals surface area contributed by atoms with Crippen LogP contribution in [0.2, 0.25) is 0 Å². The standard InChI is InChI=1S/C14H11F3N4O5/c1-2-26-13(23)9-6-19-20(11(9)18)12(22)8-4-3-7(14(15,16)17)5-10(8)21(24)25/h3-6H,2,18H2,1H3. The third-order valence-electron chi connectivity index (χ3n) is 3.25. The summed E-state index contributed by atoms with van der Waals surface area (Å²) in [6.07, 6.45) is -3.91. The lowest BCUT2D eigenvalue weighted by Gasteiger charge is -2.09. The molecule has 0 radical (unpaired) electrons. The van der Waals surface area contributed by atoms with Crippen molar-refractivity contribution in [2.75, 3.05) is 12.3 Å². The Kier molecular flexibility index (Phi) is 4.95. The van der Waals surface area contributed by atoms with E-state index in [2.05, 4.69) is 5.10 Å². The molecule has 0 spiro atoms. The van der Waals surface area contributed by atoms with Crippen molar-refractivity contribution in [3.63, 3.8) is 0 Å². The first kappa shape index (κ1) is 18.9. The number of hydrogen-bond acceptors (Lipinski definition) is 7. The summed E-state index contributed by atoms with van der Waals surface area (Å²) in [6, 6.07) is 1.40. The Morgan fingerprint density at radius 3 is 2.54 bits per heavy atom. The molecule has 0 bridgehead atoms. The molecule has 1 aromatic carbocycles. The molecule has 2 N–H and O–H groups in total. The van der Waals surface area contributed by atoms with E-state index in [1.54, 1.807) is 0 Å². The van der Waals surface area contributed by atoms with Gasteiger partial charge in [0.15, 0.2) is 0 Å². The van der Waals surface area contributed by atoms with Crippen LogP contribution in [0.4, 0.5) is 24.7 Å². The fourth-order valence-electron chi connectivity index (χ4n) is 2.04. The number of esters is 1. The van der Waals surface area contributed by atoms with Gasteiger partial charge in [-0.1, -0.05) is 0 Å². The fraction of sp³-hybridized carbons (Fsp3) is 0.214. The summed E-state index contributed by atoms with van der Waals surface area (Å²) in [5.74, 6) is -2.49. The summed E-state index contributed by atoms with van der Waals surface area (Å²) in [6.45, 7) is 1.57. The van der Waals surface area contributed by atoms with Gasteiger partial charge >= 0.3 is 12.1 Å². The highest BCUT2D eigenvalue weighted by Crippen LogP contribution is 2.33. The number of nitrogens with zero attached hydrogens (tertiary/aromatic N) is 3. The summed E-state index contributed by atoms with van der Waals surface area (Å²) >= 11 is 0. The SMILES string of the molecule is CCOC(=O)c1cnn(C(=O)c2ccc(C(F)(F)F)cc2[N+](=O)[O-])c1N. The lowest BCUT2D eigenvalue weighted by molar-refractivity contribution is -0.385. The first-order valence-corrected chi connectivity index (χ1v) is 6.98. The van der Waals surface area contributed by atoms with Crippen molar-refractivity contribution in [1.29, 1.82) is 0 Å². The monoisotopic (exact) mass is 372 g/mol. The second kappa shape index (κ2) is 6.82. The highest BCUT2D eigenvalue weighted by Gasteiger charge is 2.34. The number of carbonyl (C=O) groups is 2. The van der Waals surface area contributed by atoms with Crippen LogP contribution in [0.25, 0.3) is 0 Å². The zero-order valence-corrected chi connectivity index (χ0v) is 13.1. The van der Waals surface area contributed by atoms with Gasteiger partial charge in [-0.25, -0.2) is 4.79 Å². The van der Waals surface area contributed by atoms with Crippen LogP contribution in [-0.4, -0.2) is 33.2 Å². The Labute approximate surface area is 143 Å². The van der Waals surface area contributed by atoms with E-state index in [9.17, 15) is 32.9 Å². The number of nitro groups is 1. The van der Waals surface area contributed by atoms with Crippen molar-refractivity contribution in [3.8, 4) is 0 Å². The Balaban J connectivity index is 2.51. The summed E-state index contributed by atoms with van der Waals surface area (Å²) in [5, 5.41) is 14.6. The molecule has 138 valence electrons. The molecule has 1 heterocycles. The van der Waals surface area contributed by atoms with E-state index in [1.165, 1.54) is 6.92 Å². The highest BCUT2D eigenvalue weighted by atomic mass is 19.4. The summed E-state index contributed by atoms with van der Waals surface area (Å²) in [4.78, 5) is 34.0.